The monoisotopic (exact) mass is 356 g/mol. The van der Waals surface area contributed by atoms with Gasteiger partial charge in [0.25, 0.3) is 5.91 Å². The molecular formula is C19H24N4O3. The van der Waals surface area contributed by atoms with E-state index in [1.54, 1.807) is 37.3 Å². The smallest absolute Gasteiger partial charge is 0.337 e. The van der Waals surface area contributed by atoms with Gasteiger partial charge in [-0.3, -0.25) is 4.79 Å². The first-order chi connectivity index (χ1) is 12.4. The number of aromatic nitrogens is 2. The van der Waals surface area contributed by atoms with E-state index in [-0.39, 0.29) is 11.6 Å². The van der Waals surface area contributed by atoms with E-state index in [2.05, 4.69) is 39.2 Å². The van der Waals surface area contributed by atoms with Crippen molar-refractivity contribution >= 4 is 23.4 Å². The van der Waals surface area contributed by atoms with Gasteiger partial charge in [-0.25, -0.2) is 14.8 Å². The fraction of sp³-hybridized carbons (Fsp3) is 0.368. The van der Waals surface area contributed by atoms with Gasteiger partial charge in [-0.2, -0.15) is 0 Å². The third-order valence-electron chi connectivity index (χ3n) is 3.64. The van der Waals surface area contributed by atoms with E-state index in [1.165, 1.54) is 7.11 Å². The molecule has 2 aromatic rings. The third-order valence-corrected chi connectivity index (χ3v) is 3.64. The minimum Gasteiger partial charge on any atom is -0.465 e. The maximum Gasteiger partial charge on any atom is 0.337 e. The highest BCUT2D eigenvalue weighted by atomic mass is 16.5. The van der Waals surface area contributed by atoms with Gasteiger partial charge in [-0.1, -0.05) is 19.9 Å². The number of hydrogen-bond acceptors (Lipinski definition) is 6. The Bertz CT molecular complexity index is 790. The summed E-state index contributed by atoms with van der Waals surface area (Å²) in [4.78, 5) is 32.6. The van der Waals surface area contributed by atoms with Crippen molar-refractivity contribution in [3.63, 3.8) is 0 Å². The summed E-state index contributed by atoms with van der Waals surface area (Å²) in [6.45, 7) is 6.81. The summed E-state index contributed by atoms with van der Waals surface area (Å²) in [7, 11) is 1.31. The fourth-order valence-corrected chi connectivity index (χ4v) is 2.30. The Balaban J connectivity index is 2.11. The SMILES string of the molecule is COC(=O)c1cccc(NC(=O)c2cc(NCCC(C)C)nc(C)n2)c1. The van der Waals surface area contributed by atoms with Crippen LogP contribution in [0.1, 0.15) is 46.9 Å². The Morgan fingerprint density at radius 3 is 2.65 bits per heavy atom. The number of benzene rings is 1. The lowest BCUT2D eigenvalue weighted by molar-refractivity contribution is 0.0600. The van der Waals surface area contributed by atoms with Gasteiger partial charge in [0.2, 0.25) is 0 Å². The van der Waals surface area contributed by atoms with E-state index in [9.17, 15) is 9.59 Å². The fourth-order valence-electron chi connectivity index (χ4n) is 2.30. The molecule has 2 rings (SSSR count). The number of amides is 1. The highest BCUT2D eigenvalue weighted by molar-refractivity contribution is 6.04. The second kappa shape index (κ2) is 8.94. The van der Waals surface area contributed by atoms with Crippen LogP contribution in [0.5, 0.6) is 0 Å². The minimum atomic E-state index is -0.462. The molecule has 0 saturated heterocycles. The number of rotatable bonds is 7. The molecule has 7 nitrogen and oxygen atoms in total. The quantitative estimate of drug-likeness (QED) is 0.740. The van der Waals surface area contributed by atoms with Crippen LogP contribution in [-0.2, 0) is 4.74 Å². The lowest BCUT2D eigenvalue weighted by atomic mass is 10.1. The van der Waals surface area contributed by atoms with Crippen LogP contribution in [0.3, 0.4) is 0 Å². The summed E-state index contributed by atoms with van der Waals surface area (Å²) >= 11 is 0. The molecule has 7 heteroatoms. The molecule has 0 spiro atoms. The van der Waals surface area contributed by atoms with Crippen LogP contribution in [0.4, 0.5) is 11.5 Å². The van der Waals surface area contributed by atoms with Gasteiger partial charge in [0.05, 0.1) is 12.7 Å². The van der Waals surface area contributed by atoms with Crippen LogP contribution in [0.25, 0.3) is 0 Å². The minimum absolute atomic E-state index is 0.257. The van der Waals surface area contributed by atoms with Crippen molar-refractivity contribution in [1.82, 2.24) is 9.97 Å². The zero-order valence-corrected chi connectivity index (χ0v) is 15.5. The number of anilines is 2. The highest BCUT2D eigenvalue weighted by Gasteiger charge is 2.12. The average Bonchev–Trinajstić information content (AvgIpc) is 2.60. The Kier molecular flexibility index (Phi) is 6.66. The van der Waals surface area contributed by atoms with Crippen molar-refractivity contribution in [1.29, 1.82) is 0 Å². The standard InChI is InChI=1S/C19H24N4O3/c1-12(2)8-9-20-17-11-16(21-13(3)22-17)18(24)23-15-7-5-6-14(10-15)19(25)26-4/h5-7,10-12H,8-9H2,1-4H3,(H,23,24)(H,20,21,22). The van der Waals surface area contributed by atoms with Gasteiger partial charge in [-0.15, -0.1) is 0 Å². The normalized spacial score (nSPS) is 10.5. The van der Waals surface area contributed by atoms with Crippen molar-refractivity contribution in [2.45, 2.75) is 27.2 Å². The molecule has 1 amide bonds. The molecule has 138 valence electrons. The predicted molar refractivity (Wildman–Crippen MR) is 100 cm³/mol. The summed E-state index contributed by atoms with van der Waals surface area (Å²) in [5.41, 5.74) is 1.11. The Hall–Kier alpha value is -2.96. The maximum absolute atomic E-state index is 12.5. The molecule has 0 aliphatic rings. The summed E-state index contributed by atoms with van der Waals surface area (Å²) < 4.78 is 4.69. The Labute approximate surface area is 153 Å². The number of carbonyl (C=O) groups is 2. The number of methoxy groups -OCH3 is 1. The first-order valence-corrected chi connectivity index (χ1v) is 8.48. The lowest BCUT2D eigenvalue weighted by Crippen LogP contribution is -2.16. The Morgan fingerprint density at radius 1 is 1.19 bits per heavy atom. The molecule has 1 aromatic carbocycles. The van der Waals surface area contributed by atoms with Crippen molar-refractivity contribution in [3.05, 3.63) is 47.4 Å². The van der Waals surface area contributed by atoms with Crippen LogP contribution in [0, 0.1) is 12.8 Å². The van der Waals surface area contributed by atoms with Gasteiger partial charge < -0.3 is 15.4 Å². The average molecular weight is 356 g/mol. The van der Waals surface area contributed by atoms with Gasteiger partial charge in [0.1, 0.15) is 17.3 Å². The number of nitrogens with one attached hydrogen (secondary N) is 2. The number of nitrogens with zero attached hydrogens (tertiary/aromatic N) is 2. The van der Waals surface area contributed by atoms with E-state index < -0.39 is 5.97 Å². The molecule has 26 heavy (non-hydrogen) atoms. The number of hydrogen-bond donors (Lipinski definition) is 2. The van der Waals surface area contributed by atoms with E-state index in [0.717, 1.165) is 13.0 Å². The molecule has 0 bridgehead atoms. The Morgan fingerprint density at radius 2 is 1.96 bits per heavy atom. The van der Waals surface area contributed by atoms with Crippen LogP contribution in [-0.4, -0.2) is 35.5 Å². The molecule has 1 heterocycles. The number of aryl methyl sites for hydroxylation is 1. The van der Waals surface area contributed by atoms with E-state index >= 15 is 0 Å². The first-order valence-electron chi connectivity index (χ1n) is 8.48. The predicted octanol–water partition coefficient (Wildman–Crippen LogP) is 3.28. The van der Waals surface area contributed by atoms with Gasteiger partial charge >= 0.3 is 5.97 Å². The topological polar surface area (TPSA) is 93.2 Å². The molecule has 0 atom stereocenters. The van der Waals surface area contributed by atoms with Crippen molar-refractivity contribution in [3.8, 4) is 0 Å². The zero-order valence-electron chi connectivity index (χ0n) is 15.5. The molecule has 0 aliphatic carbocycles. The highest BCUT2D eigenvalue weighted by Crippen LogP contribution is 2.14. The largest absolute Gasteiger partial charge is 0.465 e. The van der Waals surface area contributed by atoms with Crippen molar-refractivity contribution < 1.29 is 14.3 Å². The first kappa shape index (κ1) is 19.4. The van der Waals surface area contributed by atoms with Crippen LogP contribution in [0.2, 0.25) is 0 Å². The lowest BCUT2D eigenvalue weighted by Gasteiger charge is -2.10. The molecule has 0 unspecified atom stereocenters. The molecular weight excluding hydrogens is 332 g/mol. The summed E-state index contributed by atoms with van der Waals surface area (Å²) in [5, 5.41) is 5.96. The zero-order chi connectivity index (χ0) is 19.1. The van der Waals surface area contributed by atoms with E-state index in [4.69, 9.17) is 0 Å². The van der Waals surface area contributed by atoms with Crippen LogP contribution < -0.4 is 10.6 Å². The van der Waals surface area contributed by atoms with Crippen LogP contribution >= 0.6 is 0 Å². The molecule has 0 radical (unpaired) electrons. The van der Waals surface area contributed by atoms with Crippen molar-refractivity contribution in [2.75, 3.05) is 24.3 Å². The van der Waals surface area contributed by atoms with Gasteiger partial charge in [0, 0.05) is 18.3 Å². The summed E-state index contributed by atoms with van der Waals surface area (Å²) in [5.74, 6) is 0.870. The molecule has 0 aliphatic heterocycles. The van der Waals surface area contributed by atoms with Gasteiger partial charge in [-0.05, 0) is 37.5 Å². The summed E-state index contributed by atoms with van der Waals surface area (Å²) in [6.07, 6.45) is 1.00. The molecule has 1 aromatic heterocycles. The maximum atomic E-state index is 12.5. The molecule has 2 N–H and O–H groups in total. The third kappa shape index (κ3) is 5.54. The van der Waals surface area contributed by atoms with E-state index in [1.807, 2.05) is 0 Å². The van der Waals surface area contributed by atoms with E-state index in [0.29, 0.717) is 28.8 Å². The molecule has 0 fully saturated rings. The van der Waals surface area contributed by atoms with Crippen LogP contribution in [0.15, 0.2) is 30.3 Å². The number of ether oxygens (including phenoxy) is 1. The molecule has 0 saturated carbocycles. The number of esters is 1. The summed E-state index contributed by atoms with van der Waals surface area (Å²) in [6, 6.07) is 8.16. The number of carbonyl (C=O) groups excluding carboxylic acids is 2. The van der Waals surface area contributed by atoms with Crippen molar-refractivity contribution in [2.24, 2.45) is 5.92 Å². The van der Waals surface area contributed by atoms with Gasteiger partial charge in [0.15, 0.2) is 0 Å². The second-order valence-electron chi connectivity index (χ2n) is 6.32. The second-order valence-corrected chi connectivity index (χ2v) is 6.32.